The number of aryl methyl sites for hydroxylation is 1. The molecule has 0 radical (unpaired) electrons. The molecule has 0 fully saturated rings. The van der Waals surface area contributed by atoms with Gasteiger partial charge in [0.05, 0.1) is 11.4 Å². The average Bonchev–Trinajstić information content (AvgIpc) is 2.67. The van der Waals surface area contributed by atoms with Crippen molar-refractivity contribution >= 4 is 33.6 Å². The van der Waals surface area contributed by atoms with Crippen molar-refractivity contribution in [3.05, 3.63) is 80.2 Å². The minimum Gasteiger partial charge on any atom is -0.355 e. The summed E-state index contributed by atoms with van der Waals surface area (Å²) in [6.45, 7) is 2.57. The summed E-state index contributed by atoms with van der Waals surface area (Å²) in [6.07, 6.45) is 5.80. The molecule has 3 rings (SSSR count). The van der Waals surface area contributed by atoms with Gasteiger partial charge in [0.1, 0.15) is 0 Å². The van der Waals surface area contributed by atoms with Crippen molar-refractivity contribution in [2.24, 2.45) is 0 Å². The van der Waals surface area contributed by atoms with Crippen LogP contribution in [-0.2, 0) is 12.2 Å². The number of thioether (sulfide) groups is 1. The first-order valence-corrected chi connectivity index (χ1v) is 10.5. The van der Waals surface area contributed by atoms with Gasteiger partial charge in [-0.2, -0.15) is 11.8 Å². The molecule has 8 heteroatoms. The fraction of sp³-hybridized carbons (Fsp3) is 0.263. The molecule has 0 aliphatic rings. The van der Waals surface area contributed by atoms with E-state index in [1.54, 1.807) is 30.4 Å². The van der Waals surface area contributed by atoms with Crippen molar-refractivity contribution in [3.8, 4) is 0 Å². The van der Waals surface area contributed by atoms with E-state index in [-0.39, 0.29) is 5.56 Å². The Bertz CT molecular complexity index is 948. The number of hydrogen-bond acceptors (Lipinski definition) is 6. The summed E-state index contributed by atoms with van der Waals surface area (Å²) >= 11 is 5.27. The van der Waals surface area contributed by atoms with Gasteiger partial charge in [-0.1, -0.05) is 6.07 Å². The van der Waals surface area contributed by atoms with Gasteiger partial charge in [0, 0.05) is 53.1 Å². The van der Waals surface area contributed by atoms with Gasteiger partial charge >= 0.3 is 0 Å². The van der Waals surface area contributed by atoms with Crippen LogP contribution in [0.15, 0.2) is 52.1 Å². The zero-order valence-electron chi connectivity index (χ0n) is 14.9. The third kappa shape index (κ3) is 5.64. The van der Waals surface area contributed by atoms with Crippen LogP contribution < -0.4 is 10.9 Å². The molecule has 0 aromatic carbocycles. The summed E-state index contributed by atoms with van der Waals surface area (Å²) in [5.74, 6) is 2.21. The molecule has 2 N–H and O–H groups in total. The zero-order valence-corrected chi connectivity index (χ0v) is 17.3. The molecule has 0 saturated heterocycles. The third-order valence-corrected chi connectivity index (χ3v) is 5.63. The van der Waals surface area contributed by atoms with E-state index in [2.05, 4.69) is 41.2 Å². The Balaban J connectivity index is 1.52. The summed E-state index contributed by atoms with van der Waals surface area (Å²) in [4.78, 5) is 28.2. The molecule has 0 spiro atoms. The zero-order chi connectivity index (χ0) is 19.1. The molecule has 0 amide bonds. The van der Waals surface area contributed by atoms with E-state index in [0.29, 0.717) is 24.5 Å². The molecule has 0 unspecified atom stereocenters. The first-order valence-electron chi connectivity index (χ1n) is 8.53. The predicted octanol–water partition coefficient (Wildman–Crippen LogP) is 3.57. The molecule has 0 atom stereocenters. The maximum atomic E-state index is 12.4. The number of aromatic nitrogens is 4. The number of H-pyrrole nitrogens is 1. The molecule has 140 valence electrons. The topological polar surface area (TPSA) is 83.6 Å². The van der Waals surface area contributed by atoms with Crippen molar-refractivity contribution in [1.29, 1.82) is 0 Å². The van der Waals surface area contributed by atoms with Gasteiger partial charge in [-0.3, -0.25) is 19.7 Å². The second-order valence-electron chi connectivity index (χ2n) is 5.93. The van der Waals surface area contributed by atoms with E-state index in [9.17, 15) is 4.79 Å². The Labute approximate surface area is 170 Å². The van der Waals surface area contributed by atoms with Crippen LogP contribution in [0.25, 0.3) is 0 Å². The minimum absolute atomic E-state index is 0.112. The van der Waals surface area contributed by atoms with Crippen LogP contribution in [-0.4, -0.2) is 32.2 Å². The van der Waals surface area contributed by atoms with E-state index < -0.39 is 0 Å². The third-order valence-electron chi connectivity index (χ3n) is 3.94. The molecule has 3 aromatic heterocycles. The molecular formula is C19H20BrN5OS. The monoisotopic (exact) mass is 445 g/mol. The van der Waals surface area contributed by atoms with Gasteiger partial charge in [0.15, 0.2) is 0 Å². The van der Waals surface area contributed by atoms with Gasteiger partial charge in [-0.05, 0) is 46.6 Å². The Morgan fingerprint density at radius 1 is 1.26 bits per heavy atom. The normalized spacial score (nSPS) is 10.7. The maximum absolute atomic E-state index is 12.4. The van der Waals surface area contributed by atoms with Crippen molar-refractivity contribution < 1.29 is 0 Å². The lowest BCUT2D eigenvalue weighted by Gasteiger charge is -2.09. The lowest BCUT2D eigenvalue weighted by Crippen LogP contribution is -2.20. The number of nitrogens with zero attached hydrogens (tertiary/aromatic N) is 3. The molecule has 6 nitrogen and oxygen atoms in total. The van der Waals surface area contributed by atoms with Crippen molar-refractivity contribution in [2.45, 2.75) is 19.1 Å². The second kappa shape index (κ2) is 9.66. The minimum atomic E-state index is -0.112. The summed E-state index contributed by atoms with van der Waals surface area (Å²) in [6, 6.07) is 7.71. The number of nitrogens with one attached hydrogen (secondary N) is 2. The van der Waals surface area contributed by atoms with Crippen LogP contribution in [0.3, 0.4) is 0 Å². The Morgan fingerprint density at radius 3 is 2.85 bits per heavy atom. The average molecular weight is 446 g/mol. The molecule has 3 aromatic rings. The van der Waals surface area contributed by atoms with Crippen molar-refractivity contribution in [1.82, 2.24) is 19.9 Å². The van der Waals surface area contributed by atoms with E-state index in [4.69, 9.17) is 0 Å². The van der Waals surface area contributed by atoms with E-state index in [1.165, 1.54) is 0 Å². The smallest absolute Gasteiger partial charge is 0.256 e. The second-order valence-corrected chi connectivity index (χ2v) is 7.89. The lowest BCUT2D eigenvalue weighted by atomic mass is 10.1. The van der Waals surface area contributed by atoms with Crippen molar-refractivity contribution in [3.63, 3.8) is 0 Å². The Hall–Kier alpha value is -2.19. The summed E-state index contributed by atoms with van der Waals surface area (Å²) < 4.78 is 1.02. The molecule has 27 heavy (non-hydrogen) atoms. The van der Waals surface area contributed by atoms with Gasteiger partial charge in [-0.15, -0.1) is 0 Å². The molecule has 0 bridgehead atoms. The number of hydrogen-bond donors (Lipinski definition) is 2. The largest absolute Gasteiger partial charge is 0.355 e. The van der Waals surface area contributed by atoms with Gasteiger partial charge in [0.25, 0.3) is 5.56 Å². The summed E-state index contributed by atoms with van der Waals surface area (Å²) in [5.41, 5.74) is 3.31. The summed E-state index contributed by atoms with van der Waals surface area (Å²) in [5, 5.41) is 3.19. The Morgan fingerprint density at radius 2 is 2.11 bits per heavy atom. The van der Waals surface area contributed by atoms with Crippen LogP contribution >= 0.6 is 27.7 Å². The van der Waals surface area contributed by atoms with Gasteiger partial charge in [0.2, 0.25) is 5.95 Å². The highest BCUT2D eigenvalue weighted by molar-refractivity contribution is 9.10. The van der Waals surface area contributed by atoms with Crippen LogP contribution in [0.4, 0.5) is 5.95 Å². The number of rotatable bonds is 8. The fourth-order valence-electron chi connectivity index (χ4n) is 2.54. The number of aromatic amines is 1. The van der Waals surface area contributed by atoms with Crippen LogP contribution in [0.5, 0.6) is 0 Å². The predicted molar refractivity (Wildman–Crippen MR) is 113 cm³/mol. The highest BCUT2D eigenvalue weighted by Crippen LogP contribution is 2.18. The van der Waals surface area contributed by atoms with E-state index >= 15 is 0 Å². The van der Waals surface area contributed by atoms with Crippen LogP contribution in [0.2, 0.25) is 0 Å². The van der Waals surface area contributed by atoms with Gasteiger partial charge in [-0.25, -0.2) is 4.98 Å². The lowest BCUT2D eigenvalue weighted by molar-refractivity contribution is 0.964. The summed E-state index contributed by atoms with van der Waals surface area (Å²) in [7, 11) is 0. The molecule has 3 heterocycles. The number of pyridine rings is 2. The van der Waals surface area contributed by atoms with Crippen LogP contribution in [0, 0.1) is 6.92 Å². The van der Waals surface area contributed by atoms with Crippen molar-refractivity contribution in [2.75, 3.05) is 17.6 Å². The van der Waals surface area contributed by atoms with Gasteiger partial charge < -0.3 is 5.32 Å². The fourth-order valence-corrected chi connectivity index (χ4v) is 3.94. The Kier molecular flexibility index (Phi) is 7.00. The number of halogens is 1. The first kappa shape index (κ1) is 19.6. The molecular weight excluding hydrogens is 426 g/mol. The SMILES string of the molecule is Cc1nc(NCCSCc2ncccc2Br)[nH]c(=O)c1Cc1cccnc1. The van der Waals surface area contributed by atoms with E-state index in [0.717, 1.165) is 32.9 Å². The molecule has 0 aliphatic heterocycles. The highest BCUT2D eigenvalue weighted by atomic mass is 79.9. The van der Waals surface area contributed by atoms with E-state index in [1.807, 2.05) is 31.2 Å². The first-order chi connectivity index (χ1) is 13.1. The molecule has 0 saturated carbocycles. The standard InChI is InChI=1S/C19H20BrN5OS/c1-13-15(10-14-4-2-6-21-11-14)18(26)25-19(24-13)23-8-9-27-12-17-16(20)5-3-7-22-17/h2-7,11H,8-10,12H2,1H3,(H2,23,24,25,26). The maximum Gasteiger partial charge on any atom is 0.256 e. The highest BCUT2D eigenvalue weighted by Gasteiger charge is 2.09. The molecule has 0 aliphatic carbocycles. The van der Waals surface area contributed by atoms with Crippen LogP contribution in [0.1, 0.15) is 22.5 Å². The number of anilines is 1. The quantitative estimate of drug-likeness (QED) is 0.515.